The van der Waals surface area contributed by atoms with Gasteiger partial charge in [0.1, 0.15) is 0 Å². The molecule has 19 heavy (non-hydrogen) atoms. The van der Waals surface area contributed by atoms with E-state index >= 15 is 0 Å². The Morgan fingerprint density at radius 3 is 2.47 bits per heavy atom. The van der Waals surface area contributed by atoms with E-state index in [2.05, 4.69) is 19.6 Å². The summed E-state index contributed by atoms with van der Waals surface area (Å²) in [5.74, 6) is 0.0594. The number of benzene rings is 1. The van der Waals surface area contributed by atoms with E-state index < -0.39 is 10.0 Å². The van der Waals surface area contributed by atoms with Gasteiger partial charge >= 0.3 is 0 Å². The van der Waals surface area contributed by atoms with E-state index in [1.807, 2.05) is 17.5 Å². The molecule has 0 unspecified atom stereocenters. The molecule has 1 aromatic carbocycles. The van der Waals surface area contributed by atoms with Crippen LogP contribution in [0.15, 0.2) is 29.6 Å². The van der Waals surface area contributed by atoms with Crippen molar-refractivity contribution in [3.8, 4) is 0 Å². The average molecular weight is 298 g/mol. The van der Waals surface area contributed by atoms with E-state index in [1.54, 1.807) is 19.1 Å². The number of hydrogen-bond acceptors (Lipinski definition) is 6. The van der Waals surface area contributed by atoms with E-state index in [-0.39, 0.29) is 5.75 Å². The normalized spacial score (nSPS) is 11.2. The largest absolute Gasteiger partial charge is 0.379 e. The van der Waals surface area contributed by atoms with Gasteiger partial charge in [0.15, 0.2) is 0 Å². The van der Waals surface area contributed by atoms with Gasteiger partial charge < -0.3 is 5.32 Å². The number of sulfonamides is 1. The van der Waals surface area contributed by atoms with Gasteiger partial charge in [-0.2, -0.15) is 0 Å². The van der Waals surface area contributed by atoms with Gasteiger partial charge in [0.25, 0.3) is 0 Å². The average Bonchev–Trinajstić information content (AvgIpc) is 2.91. The molecule has 0 spiro atoms. The van der Waals surface area contributed by atoms with Crippen LogP contribution in [0.3, 0.4) is 0 Å². The zero-order valence-electron chi connectivity index (χ0n) is 10.3. The summed E-state index contributed by atoms with van der Waals surface area (Å²) >= 11 is 1.31. The zero-order valence-corrected chi connectivity index (χ0v) is 12.0. The van der Waals surface area contributed by atoms with E-state index in [0.29, 0.717) is 12.2 Å². The lowest BCUT2D eigenvalue weighted by molar-refractivity contribution is 0.602. The lowest BCUT2D eigenvalue weighted by Crippen LogP contribution is -2.14. The molecular weight excluding hydrogens is 284 g/mol. The second-order valence-corrected chi connectivity index (χ2v) is 6.45. The van der Waals surface area contributed by atoms with E-state index in [4.69, 9.17) is 0 Å². The van der Waals surface area contributed by atoms with Crippen molar-refractivity contribution < 1.29 is 8.42 Å². The van der Waals surface area contributed by atoms with E-state index in [9.17, 15) is 8.42 Å². The van der Waals surface area contributed by atoms with Gasteiger partial charge in [0.05, 0.1) is 18.0 Å². The Balaban J connectivity index is 1.95. The summed E-state index contributed by atoms with van der Waals surface area (Å²) in [6.45, 7) is 2.19. The van der Waals surface area contributed by atoms with Crippen LogP contribution in [0.4, 0.5) is 11.4 Å². The van der Waals surface area contributed by atoms with Crippen LogP contribution >= 0.6 is 11.5 Å². The molecule has 0 atom stereocenters. The van der Waals surface area contributed by atoms with Crippen LogP contribution in [-0.4, -0.2) is 23.8 Å². The standard InChI is InChI=1S/C11H14N4O2S2/c1-2-19(16,17)14-10-5-3-9(4-6-10)12-7-11-8-18-15-13-11/h3-6,8,12,14H,2,7H2,1H3. The Morgan fingerprint density at radius 1 is 1.21 bits per heavy atom. The van der Waals surface area contributed by atoms with Crippen LogP contribution in [-0.2, 0) is 16.6 Å². The summed E-state index contributed by atoms with van der Waals surface area (Å²) in [6.07, 6.45) is 0. The van der Waals surface area contributed by atoms with E-state index in [0.717, 1.165) is 11.4 Å². The smallest absolute Gasteiger partial charge is 0.232 e. The van der Waals surface area contributed by atoms with Gasteiger partial charge in [-0.25, -0.2) is 8.42 Å². The van der Waals surface area contributed by atoms with E-state index in [1.165, 1.54) is 11.5 Å². The first-order chi connectivity index (χ1) is 9.09. The number of anilines is 2. The number of nitrogens with zero attached hydrogens (tertiary/aromatic N) is 2. The van der Waals surface area contributed by atoms with Gasteiger partial charge in [0.2, 0.25) is 10.0 Å². The minimum atomic E-state index is -3.22. The minimum absolute atomic E-state index is 0.0594. The predicted octanol–water partition coefficient (Wildman–Crippen LogP) is 1.91. The number of rotatable bonds is 6. The molecular formula is C11H14N4O2S2. The highest BCUT2D eigenvalue weighted by Crippen LogP contribution is 2.15. The van der Waals surface area contributed by atoms with Crippen LogP contribution < -0.4 is 10.0 Å². The molecule has 0 saturated heterocycles. The Kier molecular flexibility index (Phi) is 4.33. The Bertz CT molecular complexity index is 609. The maximum Gasteiger partial charge on any atom is 0.232 e. The molecule has 102 valence electrons. The summed E-state index contributed by atoms with van der Waals surface area (Å²) in [5.41, 5.74) is 2.33. The third-order valence-corrected chi connectivity index (χ3v) is 4.28. The molecule has 6 nitrogen and oxygen atoms in total. The van der Waals surface area contributed by atoms with Crippen LogP contribution in [0.2, 0.25) is 0 Å². The van der Waals surface area contributed by atoms with Crippen molar-refractivity contribution in [3.05, 3.63) is 35.3 Å². The minimum Gasteiger partial charge on any atom is -0.379 e. The van der Waals surface area contributed by atoms with Crippen molar-refractivity contribution in [2.75, 3.05) is 15.8 Å². The van der Waals surface area contributed by atoms with Crippen LogP contribution in [0.1, 0.15) is 12.6 Å². The fourth-order valence-corrected chi connectivity index (χ4v) is 2.45. The maximum absolute atomic E-state index is 11.4. The second kappa shape index (κ2) is 5.98. The molecule has 8 heteroatoms. The molecule has 1 heterocycles. The van der Waals surface area contributed by atoms with Crippen LogP contribution in [0.5, 0.6) is 0 Å². The molecule has 0 aliphatic rings. The highest BCUT2D eigenvalue weighted by atomic mass is 32.2. The van der Waals surface area contributed by atoms with Gasteiger partial charge in [-0.05, 0) is 42.7 Å². The second-order valence-electron chi connectivity index (χ2n) is 3.83. The quantitative estimate of drug-likeness (QED) is 0.851. The topological polar surface area (TPSA) is 84.0 Å². The zero-order chi connectivity index (χ0) is 13.7. The van der Waals surface area contributed by atoms with Crippen molar-refractivity contribution in [2.45, 2.75) is 13.5 Å². The molecule has 0 aliphatic heterocycles. The maximum atomic E-state index is 11.4. The lowest BCUT2D eigenvalue weighted by Gasteiger charge is -2.08. The van der Waals surface area contributed by atoms with Crippen molar-refractivity contribution in [2.24, 2.45) is 0 Å². The first-order valence-electron chi connectivity index (χ1n) is 5.69. The van der Waals surface area contributed by atoms with Crippen LogP contribution in [0.25, 0.3) is 0 Å². The Morgan fingerprint density at radius 2 is 1.89 bits per heavy atom. The first-order valence-corrected chi connectivity index (χ1v) is 8.18. The van der Waals surface area contributed by atoms with Crippen LogP contribution in [0, 0.1) is 0 Å². The highest BCUT2D eigenvalue weighted by molar-refractivity contribution is 7.92. The Labute approximate surface area is 116 Å². The fraction of sp³-hybridized carbons (Fsp3) is 0.273. The molecule has 0 bridgehead atoms. The van der Waals surface area contributed by atoms with Crippen molar-refractivity contribution in [1.29, 1.82) is 0 Å². The summed E-state index contributed by atoms with van der Waals surface area (Å²) in [4.78, 5) is 0. The van der Waals surface area contributed by atoms with Gasteiger partial charge in [-0.15, -0.1) is 5.10 Å². The van der Waals surface area contributed by atoms with Gasteiger partial charge in [-0.3, -0.25) is 4.72 Å². The number of aromatic nitrogens is 2. The molecule has 0 amide bonds. The molecule has 1 aromatic heterocycles. The number of nitrogens with one attached hydrogen (secondary N) is 2. The molecule has 0 fully saturated rings. The van der Waals surface area contributed by atoms with Crippen molar-refractivity contribution in [3.63, 3.8) is 0 Å². The molecule has 2 N–H and O–H groups in total. The summed E-state index contributed by atoms with van der Waals surface area (Å²) in [6, 6.07) is 7.06. The molecule has 0 aliphatic carbocycles. The third kappa shape index (κ3) is 4.18. The van der Waals surface area contributed by atoms with Crippen molar-refractivity contribution >= 4 is 32.9 Å². The predicted molar refractivity (Wildman–Crippen MR) is 76.8 cm³/mol. The summed E-state index contributed by atoms with van der Waals surface area (Å²) in [5, 5.41) is 8.97. The fourth-order valence-electron chi connectivity index (χ4n) is 1.36. The lowest BCUT2D eigenvalue weighted by atomic mass is 10.3. The van der Waals surface area contributed by atoms with Gasteiger partial charge in [-0.1, -0.05) is 4.49 Å². The summed E-state index contributed by atoms with van der Waals surface area (Å²) in [7, 11) is -3.22. The SMILES string of the molecule is CCS(=O)(=O)Nc1ccc(NCc2csnn2)cc1. The molecule has 0 radical (unpaired) electrons. The highest BCUT2D eigenvalue weighted by Gasteiger charge is 2.06. The van der Waals surface area contributed by atoms with Gasteiger partial charge in [0, 0.05) is 16.8 Å². The first kappa shape index (κ1) is 13.8. The number of hydrogen-bond donors (Lipinski definition) is 2. The monoisotopic (exact) mass is 298 g/mol. The molecule has 0 saturated carbocycles. The van der Waals surface area contributed by atoms with Crippen molar-refractivity contribution in [1.82, 2.24) is 9.59 Å². The molecule has 2 aromatic rings. The third-order valence-electron chi connectivity index (χ3n) is 2.42. The Hall–Kier alpha value is -1.67. The molecule has 2 rings (SSSR count). The summed E-state index contributed by atoms with van der Waals surface area (Å²) < 4.78 is 29.0.